The summed E-state index contributed by atoms with van der Waals surface area (Å²) in [6, 6.07) is 5.91. The normalized spacial score (nSPS) is 11.8. The Labute approximate surface area is 128 Å². The molecule has 0 saturated heterocycles. The van der Waals surface area contributed by atoms with Crippen molar-refractivity contribution in [2.24, 2.45) is 5.92 Å². The van der Waals surface area contributed by atoms with Crippen LogP contribution in [0.1, 0.15) is 19.4 Å². The summed E-state index contributed by atoms with van der Waals surface area (Å²) in [6.07, 6.45) is 2.19. The van der Waals surface area contributed by atoms with Crippen LogP contribution in [0.2, 0.25) is 0 Å². The van der Waals surface area contributed by atoms with Crippen LogP contribution in [0.25, 0.3) is 6.08 Å². The Bertz CT molecular complexity index is 433. The molecule has 0 unspecified atom stereocenters. The van der Waals surface area contributed by atoms with Crippen LogP contribution >= 0.6 is 0 Å². The zero-order valence-corrected chi connectivity index (χ0v) is 13.7. The van der Waals surface area contributed by atoms with Crippen LogP contribution < -0.4 is 14.8 Å². The molecule has 4 heteroatoms. The molecule has 0 radical (unpaired) electrons. The first-order valence-electron chi connectivity index (χ1n) is 7.24. The van der Waals surface area contributed by atoms with Crippen molar-refractivity contribution in [2.45, 2.75) is 13.8 Å². The molecule has 0 aromatic heterocycles. The number of rotatable bonds is 9. The smallest absolute Gasteiger partial charge is 0.123 e. The molecule has 0 amide bonds. The monoisotopic (exact) mass is 293 g/mol. The van der Waals surface area contributed by atoms with Gasteiger partial charge in [-0.1, -0.05) is 25.5 Å². The van der Waals surface area contributed by atoms with Gasteiger partial charge in [-0.15, -0.1) is 0 Å². The first-order valence-corrected chi connectivity index (χ1v) is 7.24. The Hall–Kier alpha value is -1.52. The van der Waals surface area contributed by atoms with Crippen LogP contribution in [0, 0.1) is 5.92 Å². The highest BCUT2D eigenvalue weighted by molar-refractivity contribution is 5.58. The quantitative estimate of drug-likeness (QED) is 0.711. The SMILES string of the molecule is COCCNCC(=Cc1cc(OC)cc(OC)c1)C(C)C. The zero-order chi connectivity index (χ0) is 15.7. The molecule has 0 spiro atoms. The van der Waals surface area contributed by atoms with Crippen molar-refractivity contribution >= 4 is 6.08 Å². The van der Waals surface area contributed by atoms with Gasteiger partial charge < -0.3 is 19.5 Å². The molecular formula is C17H27NO3. The summed E-state index contributed by atoms with van der Waals surface area (Å²) in [5.74, 6) is 2.07. The lowest BCUT2D eigenvalue weighted by Crippen LogP contribution is -2.23. The first-order chi connectivity index (χ1) is 10.1. The van der Waals surface area contributed by atoms with Crippen molar-refractivity contribution < 1.29 is 14.2 Å². The highest BCUT2D eigenvalue weighted by atomic mass is 16.5. The average Bonchev–Trinajstić information content (AvgIpc) is 2.49. The van der Waals surface area contributed by atoms with E-state index in [9.17, 15) is 0 Å². The summed E-state index contributed by atoms with van der Waals surface area (Å²) in [5, 5.41) is 3.39. The number of benzene rings is 1. The van der Waals surface area contributed by atoms with Gasteiger partial charge in [0.05, 0.1) is 20.8 Å². The van der Waals surface area contributed by atoms with Crippen molar-refractivity contribution in [3.8, 4) is 11.5 Å². The maximum absolute atomic E-state index is 5.31. The molecule has 4 nitrogen and oxygen atoms in total. The minimum absolute atomic E-state index is 0.470. The van der Waals surface area contributed by atoms with Crippen LogP contribution in [-0.4, -0.2) is 41.0 Å². The molecule has 0 saturated carbocycles. The summed E-state index contributed by atoms with van der Waals surface area (Å²) in [6.45, 7) is 6.81. The lowest BCUT2D eigenvalue weighted by molar-refractivity contribution is 0.200. The van der Waals surface area contributed by atoms with Crippen molar-refractivity contribution in [3.63, 3.8) is 0 Å². The number of ether oxygens (including phenoxy) is 3. The third-order valence-electron chi connectivity index (χ3n) is 3.28. The van der Waals surface area contributed by atoms with Gasteiger partial charge in [-0.2, -0.15) is 0 Å². The van der Waals surface area contributed by atoms with Gasteiger partial charge in [0.25, 0.3) is 0 Å². The van der Waals surface area contributed by atoms with Gasteiger partial charge in [0.15, 0.2) is 0 Å². The van der Waals surface area contributed by atoms with E-state index in [1.807, 2.05) is 18.2 Å². The Kier molecular flexibility index (Phi) is 7.87. The molecule has 0 aliphatic rings. The molecule has 0 atom stereocenters. The third-order valence-corrected chi connectivity index (χ3v) is 3.28. The Morgan fingerprint density at radius 3 is 2.19 bits per heavy atom. The fourth-order valence-corrected chi connectivity index (χ4v) is 1.96. The zero-order valence-electron chi connectivity index (χ0n) is 13.7. The van der Waals surface area contributed by atoms with E-state index in [0.717, 1.165) is 36.8 Å². The predicted octanol–water partition coefficient (Wildman–Crippen LogP) is 2.98. The fraction of sp³-hybridized carbons (Fsp3) is 0.529. The van der Waals surface area contributed by atoms with Crippen molar-refractivity contribution in [3.05, 3.63) is 29.3 Å². The number of methoxy groups -OCH3 is 3. The highest BCUT2D eigenvalue weighted by Gasteiger charge is 2.06. The van der Waals surface area contributed by atoms with Crippen LogP contribution in [0.15, 0.2) is 23.8 Å². The van der Waals surface area contributed by atoms with Gasteiger partial charge in [-0.05, 0) is 23.6 Å². The lowest BCUT2D eigenvalue weighted by Gasteiger charge is -2.14. The third kappa shape index (κ3) is 6.19. The van der Waals surface area contributed by atoms with Crippen molar-refractivity contribution in [1.29, 1.82) is 0 Å². The predicted molar refractivity (Wildman–Crippen MR) is 87.1 cm³/mol. The molecule has 1 rings (SSSR count). The van der Waals surface area contributed by atoms with E-state index in [4.69, 9.17) is 14.2 Å². The van der Waals surface area contributed by atoms with E-state index < -0.39 is 0 Å². The average molecular weight is 293 g/mol. The van der Waals surface area contributed by atoms with Gasteiger partial charge in [0.1, 0.15) is 11.5 Å². The van der Waals surface area contributed by atoms with E-state index >= 15 is 0 Å². The second-order valence-corrected chi connectivity index (χ2v) is 5.19. The molecular weight excluding hydrogens is 266 g/mol. The van der Waals surface area contributed by atoms with Crippen LogP contribution in [0.3, 0.4) is 0 Å². The summed E-state index contributed by atoms with van der Waals surface area (Å²) >= 11 is 0. The molecule has 0 fully saturated rings. The van der Waals surface area contributed by atoms with Crippen LogP contribution in [-0.2, 0) is 4.74 Å². The Morgan fingerprint density at radius 2 is 1.71 bits per heavy atom. The minimum Gasteiger partial charge on any atom is -0.497 e. The summed E-state index contributed by atoms with van der Waals surface area (Å²) < 4.78 is 15.7. The summed E-state index contributed by atoms with van der Waals surface area (Å²) in [7, 11) is 5.04. The minimum atomic E-state index is 0.470. The second kappa shape index (κ2) is 9.42. The number of nitrogens with one attached hydrogen (secondary N) is 1. The van der Waals surface area contributed by atoms with Crippen molar-refractivity contribution in [2.75, 3.05) is 41.0 Å². The van der Waals surface area contributed by atoms with E-state index in [-0.39, 0.29) is 0 Å². The number of hydrogen-bond donors (Lipinski definition) is 1. The Balaban J connectivity index is 2.88. The van der Waals surface area contributed by atoms with Gasteiger partial charge in [0, 0.05) is 26.3 Å². The molecule has 0 bridgehead atoms. The van der Waals surface area contributed by atoms with E-state index in [1.165, 1.54) is 5.57 Å². The largest absolute Gasteiger partial charge is 0.497 e. The highest BCUT2D eigenvalue weighted by Crippen LogP contribution is 2.25. The van der Waals surface area contributed by atoms with E-state index in [2.05, 4.69) is 25.2 Å². The van der Waals surface area contributed by atoms with E-state index in [0.29, 0.717) is 5.92 Å². The molecule has 0 heterocycles. The maximum Gasteiger partial charge on any atom is 0.123 e. The summed E-state index contributed by atoms with van der Waals surface area (Å²) in [5.41, 5.74) is 2.42. The molecule has 21 heavy (non-hydrogen) atoms. The van der Waals surface area contributed by atoms with Crippen LogP contribution in [0.5, 0.6) is 11.5 Å². The lowest BCUT2D eigenvalue weighted by atomic mass is 10.00. The van der Waals surface area contributed by atoms with Gasteiger partial charge in [-0.25, -0.2) is 0 Å². The first kappa shape index (κ1) is 17.5. The standard InChI is InChI=1S/C17H27NO3/c1-13(2)15(12-18-6-7-19-3)8-14-9-16(20-4)11-17(10-14)21-5/h8-11,13,18H,6-7,12H2,1-5H3. The van der Waals surface area contributed by atoms with Gasteiger partial charge >= 0.3 is 0 Å². The van der Waals surface area contributed by atoms with Gasteiger partial charge in [0.2, 0.25) is 0 Å². The number of hydrogen-bond acceptors (Lipinski definition) is 4. The molecule has 1 aromatic carbocycles. The Morgan fingerprint density at radius 1 is 1.10 bits per heavy atom. The fourth-order valence-electron chi connectivity index (χ4n) is 1.96. The molecule has 1 N–H and O–H groups in total. The van der Waals surface area contributed by atoms with Crippen LogP contribution in [0.4, 0.5) is 0 Å². The van der Waals surface area contributed by atoms with E-state index in [1.54, 1.807) is 21.3 Å². The second-order valence-electron chi connectivity index (χ2n) is 5.19. The molecule has 0 aliphatic carbocycles. The van der Waals surface area contributed by atoms with Crippen molar-refractivity contribution in [1.82, 2.24) is 5.32 Å². The molecule has 118 valence electrons. The van der Waals surface area contributed by atoms with Gasteiger partial charge in [-0.3, -0.25) is 0 Å². The molecule has 0 aliphatic heterocycles. The maximum atomic E-state index is 5.31. The molecule has 1 aromatic rings. The summed E-state index contributed by atoms with van der Waals surface area (Å²) in [4.78, 5) is 0. The topological polar surface area (TPSA) is 39.7 Å².